The molecule has 1 aromatic rings. The van der Waals surface area contributed by atoms with E-state index >= 15 is 0 Å². The molecule has 1 fully saturated rings. The van der Waals surface area contributed by atoms with Crippen LogP contribution < -0.4 is 5.32 Å². The average molecular weight is 267 g/mol. The van der Waals surface area contributed by atoms with E-state index in [2.05, 4.69) is 42.9 Å². The highest BCUT2D eigenvalue weighted by Gasteiger charge is 2.27. The van der Waals surface area contributed by atoms with Gasteiger partial charge in [-0.05, 0) is 40.5 Å². The minimum absolute atomic E-state index is 0.314. The van der Waals surface area contributed by atoms with Crippen LogP contribution in [0.15, 0.2) is 11.7 Å². The van der Waals surface area contributed by atoms with Crippen molar-refractivity contribution in [1.82, 2.24) is 15.2 Å². The Morgan fingerprint density at radius 2 is 2.06 bits per heavy atom. The molecule has 0 radical (unpaired) electrons. The lowest BCUT2D eigenvalue weighted by Gasteiger charge is -2.41. The average Bonchev–Trinajstić information content (AvgIpc) is 2.82. The smallest absolute Gasteiger partial charge is 0.0794 e. The summed E-state index contributed by atoms with van der Waals surface area (Å²) in [7, 11) is 0. The predicted octanol–water partition coefficient (Wildman–Crippen LogP) is 3.06. The van der Waals surface area contributed by atoms with Crippen LogP contribution in [-0.4, -0.2) is 34.6 Å². The molecule has 1 atom stereocenters. The Bertz CT molecular complexity index is 348. The number of rotatable bonds is 3. The van der Waals surface area contributed by atoms with Crippen LogP contribution in [0.4, 0.5) is 0 Å². The molecule has 0 amide bonds. The lowest BCUT2D eigenvalue weighted by Crippen LogP contribution is -2.50. The monoisotopic (exact) mass is 267 g/mol. The van der Waals surface area contributed by atoms with E-state index in [0.717, 1.165) is 0 Å². The fourth-order valence-corrected chi connectivity index (χ4v) is 3.23. The SMILES string of the molecule is CC(NC1CCN(C(C)(C)C)CC1)c1cncs1. The van der Waals surface area contributed by atoms with Gasteiger partial charge in [0.1, 0.15) is 0 Å². The molecule has 0 aromatic carbocycles. The number of aromatic nitrogens is 1. The maximum atomic E-state index is 4.15. The third kappa shape index (κ3) is 3.53. The Balaban J connectivity index is 1.80. The predicted molar refractivity (Wildman–Crippen MR) is 78.0 cm³/mol. The number of likely N-dealkylation sites (tertiary alicyclic amines) is 1. The summed E-state index contributed by atoms with van der Waals surface area (Å²) >= 11 is 1.74. The van der Waals surface area contributed by atoms with Crippen molar-refractivity contribution in [2.75, 3.05) is 13.1 Å². The quantitative estimate of drug-likeness (QED) is 0.912. The van der Waals surface area contributed by atoms with Gasteiger partial charge in [0.25, 0.3) is 0 Å². The number of piperidine rings is 1. The zero-order valence-corrected chi connectivity index (χ0v) is 12.8. The largest absolute Gasteiger partial charge is 0.307 e. The first kappa shape index (κ1) is 14.0. The van der Waals surface area contributed by atoms with Crippen molar-refractivity contribution >= 4 is 11.3 Å². The van der Waals surface area contributed by atoms with Crippen molar-refractivity contribution in [3.8, 4) is 0 Å². The molecule has 1 saturated heterocycles. The van der Waals surface area contributed by atoms with Crippen LogP contribution >= 0.6 is 11.3 Å². The van der Waals surface area contributed by atoms with E-state index in [1.54, 1.807) is 11.3 Å². The van der Waals surface area contributed by atoms with Gasteiger partial charge >= 0.3 is 0 Å². The molecule has 1 unspecified atom stereocenters. The second-order valence-electron chi connectivity index (χ2n) is 6.22. The summed E-state index contributed by atoms with van der Waals surface area (Å²) in [5.74, 6) is 0. The molecule has 1 aliphatic heterocycles. The van der Waals surface area contributed by atoms with Crippen molar-refractivity contribution in [2.24, 2.45) is 0 Å². The zero-order valence-electron chi connectivity index (χ0n) is 11.9. The summed E-state index contributed by atoms with van der Waals surface area (Å²) in [6.45, 7) is 11.6. The van der Waals surface area contributed by atoms with Gasteiger partial charge in [0.2, 0.25) is 0 Å². The Hall–Kier alpha value is -0.450. The minimum atomic E-state index is 0.314. The van der Waals surface area contributed by atoms with Crippen LogP contribution in [0, 0.1) is 0 Å². The standard InChI is InChI=1S/C14H25N3S/c1-11(13-9-15-10-18-13)16-12-5-7-17(8-6-12)14(2,3)4/h9-12,16H,5-8H2,1-4H3. The van der Waals surface area contributed by atoms with Crippen LogP contribution in [0.1, 0.15) is 51.5 Å². The van der Waals surface area contributed by atoms with E-state index in [-0.39, 0.29) is 0 Å². The molecule has 0 bridgehead atoms. The van der Waals surface area contributed by atoms with Gasteiger partial charge in [-0.3, -0.25) is 9.88 Å². The molecule has 2 heterocycles. The van der Waals surface area contributed by atoms with Gasteiger partial charge in [-0.25, -0.2) is 0 Å². The fraction of sp³-hybridized carbons (Fsp3) is 0.786. The molecule has 0 aliphatic carbocycles. The van der Waals surface area contributed by atoms with Gasteiger partial charge in [0, 0.05) is 41.8 Å². The van der Waals surface area contributed by atoms with E-state index in [1.807, 2.05) is 11.7 Å². The lowest BCUT2D eigenvalue weighted by molar-refractivity contribution is 0.0943. The summed E-state index contributed by atoms with van der Waals surface area (Å²) in [4.78, 5) is 8.08. The first-order valence-corrected chi connectivity index (χ1v) is 7.74. The second-order valence-corrected chi connectivity index (χ2v) is 7.14. The van der Waals surface area contributed by atoms with Gasteiger partial charge in [-0.15, -0.1) is 11.3 Å². The molecule has 18 heavy (non-hydrogen) atoms. The van der Waals surface area contributed by atoms with Gasteiger partial charge in [-0.2, -0.15) is 0 Å². The first-order valence-electron chi connectivity index (χ1n) is 6.86. The number of hydrogen-bond acceptors (Lipinski definition) is 4. The molecular formula is C14H25N3S. The summed E-state index contributed by atoms with van der Waals surface area (Å²) in [6, 6.07) is 1.09. The lowest BCUT2D eigenvalue weighted by atomic mass is 9.97. The maximum Gasteiger partial charge on any atom is 0.0794 e. The van der Waals surface area contributed by atoms with Gasteiger partial charge < -0.3 is 5.32 Å². The molecule has 1 aromatic heterocycles. The van der Waals surface area contributed by atoms with Gasteiger partial charge in [-0.1, -0.05) is 0 Å². The molecule has 0 spiro atoms. The third-order valence-corrected chi connectivity index (χ3v) is 4.77. The van der Waals surface area contributed by atoms with Crippen molar-refractivity contribution in [2.45, 2.75) is 58.2 Å². The summed E-state index contributed by atoms with van der Waals surface area (Å²) in [5.41, 5.74) is 2.23. The number of hydrogen-bond donors (Lipinski definition) is 1. The van der Waals surface area contributed by atoms with E-state index in [4.69, 9.17) is 0 Å². The summed E-state index contributed by atoms with van der Waals surface area (Å²) in [6.07, 6.45) is 4.48. The molecule has 0 saturated carbocycles. The van der Waals surface area contributed by atoms with Crippen molar-refractivity contribution in [3.05, 3.63) is 16.6 Å². The summed E-state index contributed by atoms with van der Waals surface area (Å²) in [5, 5.41) is 3.74. The van der Waals surface area contributed by atoms with Crippen molar-refractivity contribution in [3.63, 3.8) is 0 Å². The van der Waals surface area contributed by atoms with E-state index in [1.165, 1.54) is 30.8 Å². The van der Waals surface area contributed by atoms with E-state index < -0.39 is 0 Å². The van der Waals surface area contributed by atoms with Gasteiger partial charge in [0.15, 0.2) is 0 Å². The van der Waals surface area contributed by atoms with Crippen LogP contribution in [0.3, 0.4) is 0 Å². The van der Waals surface area contributed by atoms with Crippen LogP contribution in [0.5, 0.6) is 0 Å². The Morgan fingerprint density at radius 1 is 1.39 bits per heavy atom. The highest BCUT2D eigenvalue weighted by molar-refractivity contribution is 7.09. The highest BCUT2D eigenvalue weighted by atomic mass is 32.1. The number of thiazole rings is 1. The molecular weight excluding hydrogens is 242 g/mol. The minimum Gasteiger partial charge on any atom is -0.307 e. The topological polar surface area (TPSA) is 28.2 Å². The summed E-state index contributed by atoms with van der Waals surface area (Å²) < 4.78 is 0. The van der Waals surface area contributed by atoms with Crippen LogP contribution in [0.2, 0.25) is 0 Å². The molecule has 3 nitrogen and oxygen atoms in total. The Kier molecular flexibility index (Phi) is 4.41. The molecule has 1 aliphatic rings. The number of nitrogens with one attached hydrogen (secondary N) is 1. The fourth-order valence-electron chi connectivity index (χ4n) is 2.59. The second kappa shape index (κ2) is 5.68. The first-order chi connectivity index (χ1) is 8.47. The third-order valence-electron chi connectivity index (χ3n) is 3.81. The molecule has 102 valence electrons. The Labute approximate surface area is 115 Å². The van der Waals surface area contributed by atoms with E-state index in [9.17, 15) is 0 Å². The molecule has 4 heteroatoms. The van der Waals surface area contributed by atoms with Gasteiger partial charge in [0.05, 0.1) is 5.51 Å². The zero-order chi connectivity index (χ0) is 13.2. The highest BCUT2D eigenvalue weighted by Crippen LogP contribution is 2.23. The maximum absolute atomic E-state index is 4.15. The molecule has 2 rings (SSSR count). The van der Waals surface area contributed by atoms with Crippen LogP contribution in [0.25, 0.3) is 0 Å². The molecule has 1 N–H and O–H groups in total. The van der Waals surface area contributed by atoms with E-state index in [0.29, 0.717) is 17.6 Å². The van der Waals surface area contributed by atoms with Crippen molar-refractivity contribution in [1.29, 1.82) is 0 Å². The number of nitrogens with zero attached hydrogens (tertiary/aromatic N) is 2. The Morgan fingerprint density at radius 3 is 2.56 bits per heavy atom. The van der Waals surface area contributed by atoms with Crippen molar-refractivity contribution < 1.29 is 0 Å². The normalized spacial score (nSPS) is 21.1. The van der Waals surface area contributed by atoms with Crippen LogP contribution in [-0.2, 0) is 0 Å².